The Morgan fingerprint density at radius 3 is 2.77 bits per heavy atom. The lowest BCUT2D eigenvalue weighted by atomic mass is 9.98. The molecule has 0 amide bonds. The standard InChI is InChI=1S/C11H15NO/c1-8-4-11(7-12-6-8)5-9(2)10(3)13/h4,6-7,9H,5H2,1-3H3. The molecule has 0 aliphatic carbocycles. The number of pyridine rings is 1. The Balaban J connectivity index is 2.69. The summed E-state index contributed by atoms with van der Waals surface area (Å²) in [5.74, 6) is 0.338. The zero-order valence-corrected chi connectivity index (χ0v) is 8.37. The van der Waals surface area contributed by atoms with Crippen molar-refractivity contribution >= 4 is 5.78 Å². The van der Waals surface area contributed by atoms with E-state index in [0.717, 1.165) is 17.5 Å². The highest BCUT2D eigenvalue weighted by Crippen LogP contribution is 2.09. The van der Waals surface area contributed by atoms with E-state index in [2.05, 4.69) is 11.1 Å². The van der Waals surface area contributed by atoms with Gasteiger partial charge >= 0.3 is 0 Å². The molecule has 0 saturated heterocycles. The molecule has 0 aromatic carbocycles. The maximum absolute atomic E-state index is 11.0. The lowest BCUT2D eigenvalue weighted by molar-refractivity contribution is -0.120. The number of hydrogen-bond acceptors (Lipinski definition) is 2. The first-order chi connectivity index (χ1) is 6.09. The minimum atomic E-state index is 0.101. The number of aromatic nitrogens is 1. The molecular formula is C11H15NO. The number of carbonyl (C=O) groups is 1. The van der Waals surface area contributed by atoms with Gasteiger partial charge in [-0.25, -0.2) is 0 Å². The van der Waals surface area contributed by atoms with Crippen LogP contribution in [0.4, 0.5) is 0 Å². The zero-order chi connectivity index (χ0) is 9.84. The van der Waals surface area contributed by atoms with Crippen molar-refractivity contribution in [2.24, 2.45) is 5.92 Å². The molecule has 0 N–H and O–H groups in total. The van der Waals surface area contributed by atoms with E-state index in [4.69, 9.17) is 0 Å². The van der Waals surface area contributed by atoms with Crippen LogP contribution < -0.4 is 0 Å². The average Bonchev–Trinajstić information content (AvgIpc) is 2.04. The molecular weight excluding hydrogens is 162 g/mol. The van der Waals surface area contributed by atoms with Gasteiger partial charge in [-0.05, 0) is 31.4 Å². The molecule has 0 aliphatic rings. The summed E-state index contributed by atoms with van der Waals surface area (Å²) in [5, 5.41) is 0. The van der Waals surface area contributed by atoms with Gasteiger partial charge in [0.15, 0.2) is 0 Å². The van der Waals surface area contributed by atoms with Gasteiger partial charge in [0, 0.05) is 18.3 Å². The number of carbonyl (C=O) groups excluding carboxylic acids is 1. The van der Waals surface area contributed by atoms with E-state index in [9.17, 15) is 4.79 Å². The molecule has 70 valence electrons. The summed E-state index contributed by atoms with van der Waals surface area (Å²) in [5.41, 5.74) is 2.29. The lowest BCUT2D eigenvalue weighted by Crippen LogP contribution is -2.09. The summed E-state index contributed by atoms with van der Waals surface area (Å²) in [6.07, 6.45) is 4.44. The van der Waals surface area contributed by atoms with Gasteiger partial charge < -0.3 is 0 Å². The Hall–Kier alpha value is -1.18. The third kappa shape index (κ3) is 2.98. The van der Waals surface area contributed by atoms with Crippen molar-refractivity contribution < 1.29 is 4.79 Å². The maximum atomic E-state index is 11.0. The predicted octanol–water partition coefficient (Wildman–Crippen LogP) is 2.16. The molecule has 2 heteroatoms. The Morgan fingerprint density at radius 2 is 2.23 bits per heavy atom. The fourth-order valence-electron chi connectivity index (χ4n) is 1.23. The van der Waals surface area contributed by atoms with Gasteiger partial charge in [0.05, 0.1) is 0 Å². The fraction of sp³-hybridized carbons (Fsp3) is 0.455. The van der Waals surface area contributed by atoms with Crippen LogP contribution in [-0.4, -0.2) is 10.8 Å². The van der Waals surface area contributed by atoms with Crippen LogP contribution in [0, 0.1) is 12.8 Å². The number of aryl methyl sites for hydroxylation is 1. The highest BCUT2D eigenvalue weighted by molar-refractivity contribution is 5.78. The molecule has 1 atom stereocenters. The molecule has 1 unspecified atom stereocenters. The van der Waals surface area contributed by atoms with Crippen molar-refractivity contribution in [3.63, 3.8) is 0 Å². The number of nitrogens with zero attached hydrogens (tertiary/aromatic N) is 1. The Labute approximate surface area is 79.0 Å². The summed E-state index contributed by atoms with van der Waals surface area (Å²) in [6.45, 7) is 5.59. The molecule has 13 heavy (non-hydrogen) atoms. The highest BCUT2D eigenvalue weighted by atomic mass is 16.1. The van der Waals surface area contributed by atoms with Crippen LogP contribution in [0.3, 0.4) is 0 Å². The third-order valence-corrected chi connectivity index (χ3v) is 2.17. The number of Topliss-reactive ketones (excluding diaryl/α,β-unsaturated/α-hetero) is 1. The SMILES string of the molecule is CC(=O)C(C)Cc1cncc(C)c1. The second kappa shape index (κ2) is 4.17. The summed E-state index contributed by atoms with van der Waals surface area (Å²) >= 11 is 0. The third-order valence-electron chi connectivity index (χ3n) is 2.17. The van der Waals surface area contributed by atoms with Crippen molar-refractivity contribution in [1.82, 2.24) is 4.98 Å². The molecule has 0 radical (unpaired) electrons. The Morgan fingerprint density at radius 1 is 1.54 bits per heavy atom. The van der Waals surface area contributed by atoms with Gasteiger partial charge in [0.2, 0.25) is 0 Å². The van der Waals surface area contributed by atoms with Crippen LogP contribution in [0.5, 0.6) is 0 Å². The average molecular weight is 177 g/mol. The van der Waals surface area contributed by atoms with E-state index in [1.54, 1.807) is 6.92 Å². The zero-order valence-electron chi connectivity index (χ0n) is 8.37. The fourth-order valence-corrected chi connectivity index (χ4v) is 1.23. The van der Waals surface area contributed by atoms with E-state index in [-0.39, 0.29) is 11.7 Å². The summed E-state index contributed by atoms with van der Waals surface area (Å²) in [6, 6.07) is 2.08. The molecule has 2 nitrogen and oxygen atoms in total. The number of rotatable bonds is 3. The first-order valence-electron chi connectivity index (χ1n) is 4.50. The largest absolute Gasteiger partial charge is 0.300 e. The molecule has 1 aromatic rings. The van der Waals surface area contributed by atoms with E-state index in [0.29, 0.717) is 0 Å². The topological polar surface area (TPSA) is 30.0 Å². The number of ketones is 1. The molecule has 1 heterocycles. The molecule has 0 aliphatic heterocycles. The van der Waals surface area contributed by atoms with Crippen molar-refractivity contribution in [3.05, 3.63) is 29.6 Å². The van der Waals surface area contributed by atoms with E-state index < -0.39 is 0 Å². The molecule has 0 saturated carbocycles. The second-order valence-corrected chi connectivity index (χ2v) is 3.59. The second-order valence-electron chi connectivity index (χ2n) is 3.59. The normalized spacial score (nSPS) is 12.5. The van der Waals surface area contributed by atoms with Gasteiger partial charge in [-0.2, -0.15) is 0 Å². The van der Waals surface area contributed by atoms with Crippen molar-refractivity contribution in [1.29, 1.82) is 0 Å². The van der Waals surface area contributed by atoms with Gasteiger partial charge in [-0.3, -0.25) is 9.78 Å². The summed E-state index contributed by atoms with van der Waals surface area (Å²) in [7, 11) is 0. The van der Waals surface area contributed by atoms with E-state index in [1.807, 2.05) is 26.2 Å². The first kappa shape index (κ1) is 9.90. The monoisotopic (exact) mass is 177 g/mol. The van der Waals surface area contributed by atoms with Crippen LogP contribution >= 0.6 is 0 Å². The van der Waals surface area contributed by atoms with Gasteiger partial charge in [0.1, 0.15) is 5.78 Å². The van der Waals surface area contributed by atoms with Crippen LogP contribution in [0.15, 0.2) is 18.5 Å². The van der Waals surface area contributed by atoms with E-state index in [1.165, 1.54) is 0 Å². The van der Waals surface area contributed by atoms with Gasteiger partial charge in [-0.1, -0.05) is 13.0 Å². The van der Waals surface area contributed by atoms with Crippen LogP contribution in [-0.2, 0) is 11.2 Å². The van der Waals surface area contributed by atoms with Gasteiger partial charge in [-0.15, -0.1) is 0 Å². The van der Waals surface area contributed by atoms with Crippen LogP contribution in [0.25, 0.3) is 0 Å². The smallest absolute Gasteiger partial charge is 0.132 e. The van der Waals surface area contributed by atoms with Crippen molar-refractivity contribution in [3.8, 4) is 0 Å². The van der Waals surface area contributed by atoms with Crippen LogP contribution in [0.1, 0.15) is 25.0 Å². The highest BCUT2D eigenvalue weighted by Gasteiger charge is 2.08. The lowest BCUT2D eigenvalue weighted by Gasteiger charge is -2.06. The quantitative estimate of drug-likeness (QED) is 0.708. The first-order valence-corrected chi connectivity index (χ1v) is 4.50. The van der Waals surface area contributed by atoms with E-state index >= 15 is 0 Å². The summed E-state index contributed by atoms with van der Waals surface area (Å²) in [4.78, 5) is 15.1. The molecule has 1 rings (SSSR count). The predicted molar refractivity (Wildman–Crippen MR) is 52.5 cm³/mol. The number of hydrogen-bond donors (Lipinski definition) is 0. The van der Waals surface area contributed by atoms with Crippen molar-refractivity contribution in [2.45, 2.75) is 27.2 Å². The minimum absolute atomic E-state index is 0.101. The Bertz CT molecular complexity index is 307. The molecule has 1 aromatic heterocycles. The molecule has 0 fully saturated rings. The van der Waals surface area contributed by atoms with Crippen LogP contribution in [0.2, 0.25) is 0 Å². The summed E-state index contributed by atoms with van der Waals surface area (Å²) < 4.78 is 0. The van der Waals surface area contributed by atoms with Gasteiger partial charge in [0.25, 0.3) is 0 Å². The van der Waals surface area contributed by atoms with Crippen molar-refractivity contribution in [2.75, 3.05) is 0 Å². The molecule has 0 spiro atoms. The molecule has 0 bridgehead atoms. The minimum Gasteiger partial charge on any atom is -0.300 e. The maximum Gasteiger partial charge on any atom is 0.132 e. The Kier molecular flexibility index (Phi) is 3.18.